The predicted molar refractivity (Wildman–Crippen MR) is 45.0 cm³/mol. The van der Waals surface area contributed by atoms with Gasteiger partial charge < -0.3 is 9.94 Å². The maximum absolute atomic E-state index is 8.30. The Kier molecular flexibility index (Phi) is 2.88. The molecule has 0 aliphatic rings. The Balaban J connectivity index is 2.92. The summed E-state index contributed by atoms with van der Waals surface area (Å²) in [5.41, 5.74) is 0.403. The van der Waals surface area contributed by atoms with Crippen molar-refractivity contribution >= 4 is 16.8 Å². The van der Waals surface area contributed by atoms with Gasteiger partial charge in [-0.15, -0.1) is 0 Å². The minimum Gasteiger partial charge on any atom is -0.495 e. The molecule has 0 unspecified atom stereocenters. The molecular formula is C7H7ClN2O2. The first kappa shape index (κ1) is 8.80. The van der Waals surface area contributed by atoms with Crippen molar-refractivity contribution in [3.63, 3.8) is 0 Å². The molecule has 1 heterocycles. The van der Waals surface area contributed by atoms with Crippen LogP contribution in [-0.2, 0) is 0 Å². The Hall–Kier alpha value is -1.29. The van der Waals surface area contributed by atoms with Crippen molar-refractivity contribution in [3.8, 4) is 5.75 Å². The van der Waals surface area contributed by atoms with Crippen LogP contribution >= 0.6 is 11.6 Å². The highest BCUT2D eigenvalue weighted by atomic mass is 35.5. The smallest absolute Gasteiger partial charge is 0.193 e. The summed E-state index contributed by atoms with van der Waals surface area (Å²) < 4.78 is 4.87. The van der Waals surface area contributed by atoms with Gasteiger partial charge in [0, 0.05) is 0 Å². The molecule has 5 heteroatoms. The van der Waals surface area contributed by atoms with E-state index in [9.17, 15) is 0 Å². The maximum atomic E-state index is 8.30. The van der Waals surface area contributed by atoms with Crippen LogP contribution < -0.4 is 4.74 Å². The number of pyridine rings is 1. The first-order valence-corrected chi connectivity index (χ1v) is 3.53. The zero-order valence-electron chi connectivity index (χ0n) is 6.36. The highest BCUT2D eigenvalue weighted by molar-refractivity contribution is 6.69. The first-order chi connectivity index (χ1) is 5.77. The predicted octanol–water partition coefficient (Wildman–Crippen LogP) is 1.46. The summed E-state index contributed by atoms with van der Waals surface area (Å²) in [5.74, 6) is 0.626. The van der Waals surface area contributed by atoms with Crippen LogP contribution in [0, 0.1) is 0 Å². The van der Waals surface area contributed by atoms with Gasteiger partial charge in [-0.1, -0.05) is 16.8 Å². The second-order valence-corrected chi connectivity index (χ2v) is 2.33. The molecule has 0 aliphatic carbocycles. The van der Waals surface area contributed by atoms with E-state index in [1.165, 1.54) is 6.20 Å². The molecule has 0 fully saturated rings. The standard InChI is InChI=1S/C7H7ClN2O2/c1-12-5-2-3-6(9-4-5)7(8)10-11/h2-4,11H,1H3. The molecule has 0 radical (unpaired) electrons. The number of oxime groups is 1. The minimum atomic E-state index is -0.0438. The summed E-state index contributed by atoms with van der Waals surface area (Å²) >= 11 is 5.48. The van der Waals surface area contributed by atoms with Crippen LogP contribution in [0.5, 0.6) is 5.75 Å². The van der Waals surface area contributed by atoms with Crippen molar-refractivity contribution < 1.29 is 9.94 Å². The molecular weight excluding hydrogens is 180 g/mol. The number of nitrogens with zero attached hydrogens (tertiary/aromatic N) is 2. The van der Waals surface area contributed by atoms with Gasteiger partial charge in [0.2, 0.25) is 0 Å². The van der Waals surface area contributed by atoms with Gasteiger partial charge in [-0.05, 0) is 12.1 Å². The molecule has 0 bridgehead atoms. The number of rotatable bonds is 2. The quantitative estimate of drug-likeness (QED) is 0.432. The molecule has 1 N–H and O–H groups in total. The minimum absolute atomic E-state index is 0.0438. The fourth-order valence-corrected chi connectivity index (χ4v) is 0.786. The van der Waals surface area contributed by atoms with Gasteiger partial charge in [-0.25, -0.2) is 4.98 Å². The molecule has 12 heavy (non-hydrogen) atoms. The van der Waals surface area contributed by atoms with Crippen molar-refractivity contribution in [1.82, 2.24) is 4.98 Å². The van der Waals surface area contributed by atoms with Crippen molar-refractivity contribution in [2.24, 2.45) is 5.16 Å². The zero-order valence-corrected chi connectivity index (χ0v) is 7.12. The van der Waals surface area contributed by atoms with E-state index < -0.39 is 0 Å². The van der Waals surface area contributed by atoms with E-state index in [-0.39, 0.29) is 5.17 Å². The highest BCUT2D eigenvalue weighted by Crippen LogP contribution is 2.09. The third kappa shape index (κ3) is 1.85. The molecule has 0 saturated carbocycles. The van der Waals surface area contributed by atoms with E-state index in [0.717, 1.165) is 0 Å². The first-order valence-electron chi connectivity index (χ1n) is 3.16. The molecule has 0 aromatic carbocycles. The molecule has 0 saturated heterocycles. The third-order valence-electron chi connectivity index (χ3n) is 1.27. The fourth-order valence-electron chi connectivity index (χ4n) is 0.674. The summed E-state index contributed by atoms with van der Waals surface area (Å²) in [5, 5.41) is 11.0. The molecule has 64 valence electrons. The lowest BCUT2D eigenvalue weighted by Gasteiger charge is -1.98. The molecule has 1 rings (SSSR count). The van der Waals surface area contributed by atoms with Gasteiger partial charge in [-0.2, -0.15) is 0 Å². The number of hydrogen-bond acceptors (Lipinski definition) is 4. The molecule has 1 aromatic heterocycles. The summed E-state index contributed by atoms with van der Waals surface area (Å²) in [4.78, 5) is 3.87. The van der Waals surface area contributed by atoms with Crippen LogP contribution in [0.1, 0.15) is 5.69 Å². The maximum Gasteiger partial charge on any atom is 0.193 e. The average Bonchev–Trinajstić information content (AvgIpc) is 2.17. The van der Waals surface area contributed by atoms with Gasteiger partial charge in [0.15, 0.2) is 5.17 Å². The van der Waals surface area contributed by atoms with Crippen molar-refractivity contribution in [2.45, 2.75) is 0 Å². The molecule has 0 atom stereocenters. The normalized spacial score (nSPS) is 11.3. The van der Waals surface area contributed by atoms with E-state index in [2.05, 4.69) is 10.1 Å². The van der Waals surface area contributed by atoms with Crippen molar-refractivity contribution in [2.75, 3.05) is 7.11 Å². The Morgan fingerprint density at radius 2 is 2.42 bits per heavy atom. The Labute approximate surface area is 74.4 Å². The number of aromatic nitrogens is 1. The topological polar surface area (TPSA) is 54.7 Å². The number of hydrogen-bond donors (Lipinski definition) is 1. The van der Waals surface area contributed by atoms with Crippen LogP contribution in [0.15, 0.2) is 23.5 Å². The van der Waals surface area contributed by atoms with E-state index >= 15 is 0 Å². The van der Waals surface area contributed by atoms with Crippen molar-refractivity contribution in [3.05, 3.63) is 24.0 Å². The highest BCUT2D eigenvalue weighted by Gasteiger charge is 2.01. The number of ether oxygens (including phenoxy) is 1. The van der Waals surface area contributed by atoms with Crippen LogP contribution in [0.4, 0.5) is 0 Å². The van der Waals surface area contributed by atoms with E-state index in [0.29, 0.717) is 11.4 Å². The van der Waals surface area contributed by atoms with Crippen LogP contribution in [0.2, 0.25) is 0 Å². The lowest BCUT2D eigenvalue weighted by molar-refractivity contribution is 0.320. The van der Waals surface area contributed by atoms with Crippen molar-refractivity contribution in [1.29, 1.82) is 0 Å². The summed E-state index contributed by atoms with van der Waals surface area (Å²) in [6.45, 7) is 0. The van der Waals surface area contributed by atoms with Gasteiger partial charge in [0.05, 0.1) is 13.3 Å². The van der Waals surface area contributed by atoms with Gasteiger partial charge >= 0.3 is 0 Å². The van der Waals surface area contributed by atoms with E-state index in [1.54, 1.807) is 19.2 Å². The summed E-state index contributed by atoms with van der Waals surface area (Å²) in [6.07, 6.45) is 1.49. The lowest BCUT2D eigenvalue weighted by atomic mass is 10.3. The monoisotopic (exact) mass is 186 g/mol. The average molecular weight is 187 g/mol. The van der Waals surface area contributed by atoms with E-state index in [4.69, 9.17) is 21.5 Å². The van der Waals surface area contributed by atoms with Gasteiger partial charge in [0.1, 0.15) is 11.4 Å². The molecule has 0 amide bonds. The zero-order chi connectivity index (χ0) is 8.97. The third-order valence-corrected chi connectivity index (χ3v) is 1.54. The number of halogens is 1. The number of methoxy groups -OCH3 is 1. The Bertz CT molecular complexity index is 284. The van der Waals surface area contributed by atoms with Crippen LogP contribution in [0.25, 0.3) is 0 Å². The Morgan fingerprint density at radius 1 is 1.67 bits per heavy atom. The fraction of sp³-hybridized carbons (Fsp3) is 0.143. The summed E-state index contributed by atoms with van der Waals surface area (Å²) in [6, 6.07) is 3.27. The Morgan fingerprint density at radius 3 is 2.83 bits per heavy atom. The second kappa shape index (κ2) is 3.92. The van der Waals surface area contributed by atoms with Crippen LogP contribution in [-0.4, -0.2) is 22.5 Å². The molecule has 0 aliphatic heterocycles. The van der Waals surface area contributed by atoms with Gasteiger partial charge in [-0.3, -0.25) is 0 Å². The van der Waals surface area contributed by atoms with E-state index in [1.807, 2.05) is 0 Å². The SMILES string of the molecule is COc1ccc(C(Cl)=NO)nc1. The summed E-state index contributed by atoms with van der Waals surface area (Å²) in [7, 11) is 1.54. The lowest BCUT2D eigenvalue weighted by Crippen LogP contribution is -1.95. The molecule has 1 aromatic rings. The molecule has 4 nitrogen and oxygen atoms in total. The largest absolute Gasteiger partial charge is 0.495 e. The van der Waals surface area contributed by atoms with Gasteiger partial charge in [0.25, 0.3) is 0 Å². The molecule has 0 spiro atoms. The second-order valence-electron chi connectivity index (χ2n) is 1.97. The van der Waals surface area contributed by atoms with Crippen LogP contribution in [0.3, 0.4) is 0 Å².